The fourth-order valence-electron chi connectivity index (χ4n) is 3.27. The van der Waals surface area contributed by atoms with Gasteiger partial charge in [-0.1, -0.05) is 37.2 Å². The molecule has 0 atom stereocenters. The number of unbranched alkanes of at least 4 members (excludes halogenated alkanes) is 2. The van der Waals surface area contributed by atoms with Crippen molar-refractivity contribution < 1.29 is 14.3 Å². The van der Waals surface area contributed by atoms with Crippen LogP contribution in [0.4, 0.5) is 5.13 Å². The number of hydrogen-bond donors (Lipinski definition) is 0. The van der Waals surface area contributed by atoms with Gasteiger partial charge < -0.3 is 14.4 Å². The second kappa shape index (κ2) is 11.8. The SMILES string of the molecule is CCCCCOc1cccc(C(=O)N(CCN(C)C)c2nc3ccc(OCC)cc3s2)c1. The monoisotopic (exact) mass is 455 g/mol. The first-order chi connectivity index (χ1) is 15.5. The fourth-order valence-corrected chi connectivity index (χ4v) is 4.28. The van der Waals surface area contributed by atoms with Crippen LogP contribution < -0.4 is 14.4 Å². The number of amides is 1. The molecule has 0 aliphatic carbocycles. The first-order valence-corrected chi connectivity index (χ1v) is 12.1. The molecule has 2 aromatic carbocycles. The Morgan fingerprint density at radius 2 is 1.81 bits per heavy atom. The van der Waals surface area contributed by atoms with E-state index in [0.717, 1.165) is 47.5 Å². The van der Waals surface area contributed by atoms with Crippen molar-refractivity contribution in [1.82, 2.24) is 9.88 Å². The van der Waals surface area contributed by atoms with E-state index in [-0.39, 0.29) is 5.91 Å². The van der Waals surface area contributed by atoms with Crippen LogP contribution in [-0.4, -0.2) is 56.2 Å². The van der Waals surface area contributed by atoms with E-state index in [4.69, 9.17) is 14.5 Å². The third kappa shape index (κ3) is 6.43. The normalized spacial score (nSPS) is 11.2. The summed E-state index contributed by atoms with van der Waals surface area (Å²) in [6.07, 6.45) is 3.30. The minimum absolute atomic E-state index is 0.0741. The average molecular weight is 456 g/mol. The molecular formula is C25H33N3O3S. The van der Waals surface area contributed by atoms with Gasteiger partial charge in [0.2, 0.25) is 0 Å². The van der Waals surface area contributed by atoms with Gasteiger partial charge in [-0.25, -0.2) is 4.98 Å². The molecule has 0 spiro atoms. The van der Waals surface area contributed by atoms with Gasteiger partial charge >= 0.3 is 0 Å². The molecule has 0 aliphatic heterocycles. The summed E-state index contributed by atoms with van der Waals surface area (Å²) in [5.41, 5.74) is 1.47. The van der Waals surface area contributed by atoms with Gasteiger partial charge in [0.15, 0.2) is 5.13 Å². The highest BCUT2D eigenvalue weighted by atomic mass is 32.1. The molecule has 32 heavy (non-hydrogen) atoms. The number of rotatable bonds is 12. The summed E-state index contributed by atoms with van der Waals surface area (Å²) in [6, 6.07) is 13.3. The molecule has 0 saturated carbocycles. The van der Waals surface area contributed by atoms with Crippen molar-refractivity contribution in [2.45, 2.75) is 33.1 Å². The highest BCUT2D eigenvalue weighted by molar-refractivity contribution is 7.22. The predicted octanol–water partition coefficient (Wildman–Crippen LogP) is 5.47. The average Bonchev–Trinajstić information content (AvgIpc) is 3.20. The van der Waals surface area contributed by atoms with Crippen molar-refractivity contribution in [2.75, 3.05) is 45.3 Å². The van der Waals surface area contributed by atoms with E-state index in [9.17, 15) is 4.79 Å². The molecule has 0 bridgehead atoms. The molecule has 7 heteroatoms. The summed E-state index contributed by atoms with van der Waals surface area (Å²) >= 11 is 1.51. The topological polar surface area (TPSA) is 54.9 Å². The first-order valence-electron chi connectivity index (χ1n) is 11.2. The Kier molecular flexibility index (Phi) is 8.88. The molecule has 0 saturated heterocycles. The molecule has 1 heterocycles. The lowest BCUT2D eigenvalue weighted by Gasteiger charge is -2.22. The number of likely N-dealkylation sites (N-methyl/N-ethyl adjacent to an activating group) is 1. The van der Waals surface area contributed by atoms with Gasteiger partial charge in [-0.05, 0) is 63.8 Å². The highest BCUT2D eigenvalue weighted by Gasteiger charge is 2.22. The number of carbonyl (C=O) groups excluding carboxylic acids is 1. The third-order valence-corrected chi connectivity index (χ3v) is 6.05. The number of benzene rings is 2. The van der Waals surface area contributed by atoms with Gasteiger partial charge in [0, 0.05) is 18.7 Å². The minimum Gasteiger partial charge on any atom is -0.494 e. The summed E-state index contributed by atoms with van der Waals surface area (Å²) in [5, 5.41) is 0.690. The van der Waals surface area contributed by atoms with E-state index in [1.165, 1.54) is 11.3 Å². The van der Waals surface area contributed by atoms with Crippen LogP contribution in [-0.2, 0) is 0 Å². The van der Waals surface area contributed by atoms with Crippen LogP contribution in [0.2, 0.25) is 0 Å². The molecule has 172 valence electrons. The predicted molar refractivity (Wildman–Crippen MR) is 132 cm³/mol. The Morgan fingerprint density at radius 1 is 1.00 bits per heavy atom. The molecule has 3 aromatic rings. The van der Waals surface area contributed by atoms with Crippen LogP contribution in [0.3, 0.4) is 0 Å². The summed E-state index contributed by atoms with van der Waals surface area (Å²) in [6.45, 7) is 6.69. The van der Waals surface area contributed by atoms with E-state index >= 15 is 0 Å². The van der Waals surface area contributed by atoms with E-state index < -0.39 is 0 Å². The molecule has 0 unspecified atom stereocenters. The zero-order valence-electron chi connectivity index (χ0n) is 19.5. The summed E-state index contributed by atoms with van der Waals surface area (Å²) in [7, 11) is 4.00. The molecular weight excluding hydrogens is 422 g/mol. The second-order valence-electron chi connectivity index (χ2n) is 7.90. The lowest BCUT2D eigenvalue weighted by molar-refractivity contribution is 0.0984. The number of anilines is 1. The largest absolute Gasteiger partial charge is 0.494 e. The van der Waals surface area contributed by atoms with Crippen molar-refractivity contribution in [3.8, 4) is 11.5 Å². The summed E-state index contributed by atoms with van der Waals surface area (Å²) < 4.78 is 12.5. The van der Waals surface area contributed by atoms with E-state index in [0.29, 0.717) is 30.5 Å². The number of carbonyl (C=O) groups is 1. The molecule has 0 aliphatic rings. The Hall–Kier alpha value is -2.64. The maximum absolute atomic E-state index is 13.5. The van der Waals surface area contributed by atoms with Gasteiger partial charge in [0.05, 0.1) is 23.4 Å². The number of ether oxygens (including phenoxy) is 2. The van der Waals surface area contributed by atoms with Crippen LogP contribution in [0.15, 0.2) is 42.5 Å². The summed E-state index contributed by atoms with van der Waals surface area (Å²) in [5.74, 6) is 1.47. The third-order valence-electron chi connectivity index (χ3n) is 5.00. The van der Waals surface area contributed by atoms with Crippen molar-refractivity contribution in [3.05, 3.63) is 48.0 Å². The summed E-state index contributed by atoms with van der Waals surface area (Å²) in [4.78, 5) is 22.1. The highest BCUT2D eigenvalue weighted by Crippen LogP contribution is 2.32. The Labute approximate surface area is 194 Å². The number of nitrogens with zero attached hydrogens (tertiary/aromatic N) is 3. The molecule has 6 nitrogen and oxygen atoms in total. The number of hydrogen-bond acceptors (Lipinski definition) is 6. The Bertz CT molecular complexity index is 1020. The zero-order chi connectivity index (χ0) is 22.9. The molecule has 3 rings (SSSR count). The molecule has 0 radical (unpaired) electrons. The van der Waals surface area contributed by atoms with Crippen molar-refractivity contribution in [1.29, 1.82) is 0 Å². The van der Waals surface area contributed by atoms with E-state index in [1.807, 2.05) is 63.5 Å². The fraction of sp³-hybridized carbons (Fsp3) is 0.440. The standard InChI is InChI=1S/C25H33N3O3S/c1-5-7-8-16-31-20-11-9-10-19(17-20)24(29)28(15-14-27(3)4)25-26-22-13-12-21(30-6-2)18-23(22)32-25/h9-13,17-18H,5-8,14-16H2,1-4H3. The molecule has 1 amide bonds. The number of thiazole rings is 1. The zero-order valence-corrected chi connectivity index (χ0v) is 20.3. The van der Waals surface area contributed by atoms with Gasteiger partial charge in [-0.15, -0.1) is 0 Å². The van der Waals surface area contributed by atoms with Crippen LogP contribution in [0.1, 0.15) is 43.5 Å². The maximum Gasteiger partial charge on any atom is 0.260 e. The van der Waals surface area contributed by atoms with Crippen LogP contribution in [0.25, 0.3) is 10.2 Å². The van der Waals surface area contributed by atoms with Crippen molar-refractivity contribution in [2.24, 2.45) is 0 Å². The van der Waals surface area contributed by atoms with Crippen molar-refractivity contribution >= 4 is 32.6 Å². The quantitative estimate of drug-likeness (QED) is 0.339. The Balaban J connectivity index is 1.85. The minimum atomic E-state index is -0.0741. The van der Waals surface area contributed by atoms with E-state index in [1.54, 1.807) is 4.90 Å². The first kappa shape index (κ1) is 24.0. The van der Waals surface area contributed by atoms with Gasteiger partial charge in [-0.2, -0.15) is 0 Å². The lowest BCUT2D eigenvalue weighted by atomic mass is 10.2. The Morgan fingerprint density at radius 3 is 2.56 bits per heavy atom. The smallest absolute Gasteiger partial charge is 0.260 e. The van der Waals surface area contributed by atoms with Gasteiger partial charge in [0.25, 0.3) is 5.91 Å². The molecule has 0 N–H and O–H groups in total. The molecule has 1 aromatic heterocycles. The van der Waals surface area contributed by atoms with Crippen LogP contribution in [0.5, 0.6) is 11.5 Å². The van der Waals surface area contributed by atoms with Crippen LogP contribution in [0, 0.1) is 0 Å². The van der Waals surface area contributed by atoms with Crippen LogP contribution >= 0.6 is 11.3 Å². The van der Waals surface area contributed by atoms with Crippen molar-refractivity contribution in [3.63, 3.8) is 0 Å². The van der Waals surface area contributed by atoms with Gasteiger partial charge in [0.1, 0.15) is 11.5 Å². The molecule has 0 fully saturated rings. The van der Waals surface area contributed by atoms with Gasteiger partial charge in [-0.3, -0.25) is 9.69 Å². The number of fused-ring (bicyclic) bond motifs is 1. The number of aromatic nitrogens is 1. The van der Waals surface area contributed by atoms with E-state index in [2.05, 4.69) is 11.8 Å². The second-order valence-corrected chi connectivity index (χ2v) is 8.91. The maximum atomic E-state index is 13.5. The lowest BCUT2D eigenvalue weighted by Crippen LogP contribution is -2.36.